The monoisotopic (exact) mass is 272 g/mol. The van der Waals surface area contributed by atoms with Crippen LogP contribution in [0.5, 0.6) is 5.75 Å². The first kappa shape index (κ1) is 15.4. The van der Waals surface area contributed by atoms with E-state index in [0.29, 0.717) is 13.1 Å². The molecule has 0 radical (unpaired) electrons. The van der Waals surface area contributed by atoms with Gasteiger partial charge < -0.3 is 15.0 Å². The van der Waals surface area contributed by atoms with Crippen LogP contribution >= 0.6 is 0 Å². The number of nitrogens with one attached hydrogen (secondary N) is 1. The van der Waals surface area contributed by atoms with Crippen LogP contribution < -0.4 is 10.1 Å². The first-order valence-corrected chi connectivity index (χ1v) is 6.01. The third-order valence-corrected chi connectivity index (χ3v) is 2.52. The average Bonchev–Trinajstić information content (AvgIpc) is 2.37. The number of nitrogens with zero attached hydrogens (tertiary/aromatic N) is 1. The molecule has 4 nitrogen and oxygen atoms in total. The van der Waals surface area contributed by atoms with Crippen molar-refractivity contribution in [1.82, 2.24) is 10.2 Å². The molecule has 0 fully saturated rings. The fraction of sp³-hybridized carbons (Fsp3) is 0.462. The first-order valence-electron chi connectivity index (χ1n) is 6.01. The summed E-state index contributed by atoms with van der Waals surface area (Å²) in [6.07, 6.45) is 0. The van der Waals surface area contributed by atoms with Crippen LogP contribution in [0.3, 0.4) is 0 Å². The number of ether oxygens (including phenoxy) is 1. The van der Waals surface area contributed by atoms with Gasteiger partial charge in [0.1, 0.15) is 5.75 Å². The molecule has 0 bridgehead atoms. The molecule has 1 aromatic rings. The molecule has 0 heterocycles. The van der Waals surface area contributed by atoms with Crippen molar-refractivity contribution < 1.29 is 18.3 Å². The summed E-state index contributed by atoms with van der Waals surface area (Å²) in [5.41, 5.74) is 0.856. The maximum atomic E-state index is 12.0. The topological polar surface area (TPSA) is 41.6 Å². The van der Waals surface area contributed by atoms with Gasteiger partial charge in [-0.25, -0.2) is 0 Å². The van der Waals surface area contributed by atoms with Crippen molar-refractivity contribution in [2.24, 2.45) is 0 Å². The average molecular weight is 272 g/mol. The minimum absolute atomic E-state index is 0.0187. The number of hydrogen-bond donors (Lipinski definition) is 1. The van der Waals surface area contributed by atoms with Crippen LogP contribution in [0.15, 0.2) is 24.3 Å². The molecule has 0 saturated heterocycles. The van der Waals surface area contributed by atoms with Gasteiger partial charge in [0.05, 0.1) is 6.54 Å². The highest BCUT2D eigenvalue weighted by molar-refractivity contribution is 5.77. The van der Waals surface area contributed by atoms with E-state index in [1.807, 2.05) is 6.92 Å². The Balaban J connectivity index is 2.50. The van der Waals surface area contributed by atoms with Gasteiger partial charge in [0.2, 0.25) is 5.91 Å². The van der Waals surface area contributed by atoms with E-state index in [1.54, 1.807) is 24.1 Å². The molecule has 1 aromatic carbocycles. The Morgan fingerprint density at radius 3 is 2.53 bits per heavy atom. The molecule has 1 amide bonds. The Hall–Kier alpha value is -1.69. The lowest BCUT2D eigenvalue weighted by Gasteiger charge is -2.17. The Bertz CT molecular complexity index is 396. The minimum Gasteiger partial charge on any atom is -0.435 e. The molecule has 1 rings (SSSR count). The van der Waals surface area contributed by atoms with E-state index in [9.17, 15) is 13.6 Å². The lowest BCUT2D eigenvalue weighted by molar-refractivity contribution is -0.129. The smallest absolute Gasteiger partial charge is 0.387 e. The molecule has 0 saturated carbocycles. The number of benzene rings is 1. The fourth-order valence-corrected chi connectivity index (χ4v) is 1.51. The summed E-state index contributed by atoms with van der Waals surface area (Å²) in [5, 5.41) is 2.95. The molecule has 0 spiro atoms. The first-order chi connectivity index (χ1) is 9.02. The molecule has 0 atom stereocenters. The van der Waals surface area contributed by atoms with Crippen LogP contribution in [0.4, 0.5) is 8.78 Å². The second-order valence-corrected chi connectivity index (χ2v) is 4.05. The fourth-order valence-electron chi connectivity index (χ4n) is 1.51. The van der Waals surface area contributed by atoms with E-state index < -0.39 is 6.61 Å². The number of carbonyl (C=O) groups is 1. The lowest BCUT2D eigenvalue weighted by Crippen LogP contribution is -2.35. The minimum atomic E-state index is -2.82. The molecule has 0 unspecified atom stereocenters. The highest BCUT2D eigenvalue weighted by Gasteiger charge is 2.09. The quantitative estimate of drug-likeness (QED) is 0.823. The van der Waals surface area contributed by atoms with E-state index in [-0.39, 0.29) is 11.7 Å². The summed E-state index contributed by atoms with van der Waals surface area (Å²) in [4.78, 5) is 13.2. The summed E-state index contributed by atoms with van der Waals surface area (Å²) in [6, 6.07) is 6.25. The lowest BCUT2D eigenvalue weighted by atomic mass is 10.2. The predicted molar refractivity (Wildman–Crippen MR) is 68.1 cm³/mol. The molecule has 6 heteroatoms. The summed E-state index contributed by atoms with van der Waals surface area (Å²) in [6.45, 7) is 0.558. The van der Waals surface area contributed by atoms with Crippen molar-refractivity contribution in [3.63, 3.8) is 0 Å². The number of carbonyl (C=O) groups excluding carboxylic acids is 1. The van der Waals surface area contributed by atoms with Crippen molar-refractivity contribution in [3.8, 4) is 5.75 Å². The maximum Gasteiger partial charge on any atom is 0.387 e. The molecule has 0 aliphatic carbocycles. The van der Waals surface area contributed by atoms with Gasteiger partial charge in [0, 0.05) is 13.6 Å². The Labute approximate surface area is 111 Å². The SMILES string of the molecule is CCNCC(=O)N(C)Cc1ccc(OC(F)F)cc1. The highest BCUT2D eigenvalue weighted by atomic mass is 19.3. The van der Waals surface area contributed by atoms with Gasteiger partial charge in [-0.15, -0.1) is 0 Å². The van der Waals surface area contributed by atoms with E-state index in [2.05, 4.69) is 10.1 Å². The number of likely N-dealkylation sites (N-methyl/N-ethyl adjacent to an activating group) is 2. The van der Waals surface area contributed by atoms with Gasteiger partial charge in [-0.3, -0.25) is 4.79 Å². The van der Waals surface area contributed by atoms with Crippen LogP contribution in [0, 0.1) is 0 Å². The summed E-state index contributed by atoms with van der Waals surface area (Å²) < 4.78 is 28.2. The second-order valence-electron chi connectivity index (χ2n) is 4.05. The number of hydrogen-bond acceptors (Lipinski definition) is 3. The van der Waals surface area contributed by atoms with Crippen LogP contribution in [-0.4, -0.2) is 37.6 Å². The zero-order valence-corrected chi connectivity index (χ0v) is 11.0. The third-order valence-electron chi connectivity index (χ3n) is 2.52. The normalized spacial score (nSPS) is 10.6. The summed E-state index contributed by atoms with van der Waals surface area (Å²) in [5.74, 6) is 0.0927. The maximum absolute atomic E-state index is 12.0. The Kier molecular flexibility index (Phi) is 6.21. The molecule has 0 aliphatic heterocycles. The molecule has 106 valence electrons. The molecular weight excluding hydrogens is 254 g/mol. The summed E-state index contributed by atoms with van der Waals surface area (Å²) in [7, 11) is 1.70. The molecular formula is C13H18F2N2O2. The van der Waals surface area contributed by atoms with E-state index >= 15 is 0 Å². The Morgan fingerprint density at radius 2 is 2.00 bits per heavy atom. The standard InChI is InChI=1S/C13H18F2N2O2/c1-3-16-8-12(18)17(2)9-10-4-6-11(7-5-10)19-13(14)15/h4-7,13,16H,3,8-9H2,1-2H3. The van der Waals surface area contributed by atoms with Crippen molar-refractivity contribution in [2.75, 3.05) is 20.1 Å². The van der Waals surface area contributed by atoms with E-state index in [0.717, 1.165) is 12.1 Å². The zero-order chi connectivity index (χ0) is 14.3. The van der Waals surface area contributed by atoms with Crippen LogP contribution in [-0.2, 0) is 11.3 Å². The largest absolute Gasteiger partial charge is 0.435 e. The van der Waals surface area contributed by atoms with E-state index in [1.165, 1.54) is 12.1 Å². The highest BCUT2D eigenvalue weighted by Crippen LogP contribution is 2.15. The van der Waals surface area contributed by atoms with E-state index in [4.69, 9.17) is 0 Å². The van der Waals surface area contributed by atoms with Crippen LogP contribution in [0.1, 0.15) is 12.5 Å². The molecule has 1 N–H and O–H groups in total. The van der Waals surface area contributed by atoms with Gasteiger partial charge >= 0.3 is 6.61 Å². The number of amides is 1. The third kappa shape index (κ3) is 5.65. The number of halogens is 2. The van der Waals surface area contributed by atoms with Gasteiger partial charge in [0.25, 0.3) is 0 Å². The molecule has 19 heavy (non-hydrogen) atoms. The number of rotatable bonds is 7. The van der Waals surface area contributed by atoms with Crippen LogP contribution in [0.25, 0.3) is 0 Å². The predicted octanol–water partition coefficient (Wildman–Crippen LogP) is 1.86. The second kappa shape index (κ2) is 7.68. The van der Waals surface area contributed by atoms with Crippen LogP contribution in [0.2, 0.25) is 0 Å². The van der Waals surface area contributed by atoms with Gasteiger partial charge in [0.15, 0.2) is 0 Å². The van der Waals surface area contributed by atoms with Gasteiger partial charge in [-0.1, -0.05) is 19.1 Å². The van der Waals surface area contributed by atoms with Gasteiger partial charge in [-0.2, -0.15) is 8.78 Å². The zero-order valence-electron chi connectivity index (χ0n) is 11.0. The van der Waals surface area contributed by atoms with Crippen molar-refractivity contribution in [2.45, 2.75) is 20.1 Å². The summed E-state index contributed by atoms with van der Waals surface area (Å²) >= 11 is 0. The Morgan fingerprint density at radius 1 is 1.37 bits per heavy atom. The van der Waals surface area contributed by atoms with Crippen molar-refractivity contribution in [3.05, 3.63) is 29.8 Å². The van der Waals surface area contributed by atoms with Crippen molar-refractivity contribution in [1.29, 1.82) is 0 Å². The van der Waals surface area contributed by atoms with Gasteiger partial charge in [-0.05, 0) is 24.2 Å². The number of alkyl halides is 2. The molecule has 0 aromatic heterocycles. The van der Waals surface area contributed by atoms with Crippen molar-refractivity contribution >= 4 is 5.91 Å². The molecule has 0 aliphatic rings.